The smallest absolute Gasteiger partial charge is 0.301 e. The van der Waals surface area contributed by atoms with Gasteiger partial charge in [-0.1, -0.05) is 0 Å². The van der Waals surface area contributed by atoms with Crippen LogP contribution in [0.15, 0.2) is 24.3 Å². The van der Waals surface area contributed by atoms with Crippen LogP contribution in [0.5, 0.6) is 0 Å². The van der Waals surface area contributed by atoms with Gasteiger partial charge in [0.15, 0.2) is 0 Å². The molecule has 0 amide bonds. The van der Waals surface area contributed by atoms with E-state index in [9.17, 15) is 8.42 Å². The normalized spacial score (nSPS) is 11.3. The van der Waals surface area contributed by atoms with E-state index in [0.717, 1.165) is 0 Å². The van der Waals surface area contributed by atoms with E-state index in [1.807, 2.05) is 0 Å². The van der Waals surface area contributed by atoms with Crippen LogP contribution in [-0.2, 0) is 10.2 Å². The van der Waals surface area contributed by atoms with Crippen LogP contribution in [0.4, 0.5) is 11.4 Å². The first-order valence-electron chi connectivity index (χ1n) is 4.58. The van der Waals surface area contributed by atoms with Gasteiger partial charge >= 0.3 is 10.2 Å². The zero-order valence-corrected chi connectivity index (χ0v) is 9.58. The number of rotatable bonds is 4. The molecule has 6 heteroatoms. The number of nitrogen functional groups attached to an aromatic ring is 1. The Kier molecular flexibility index (Phi) is 3.54. The first-order chi connectivity index (χ1) is 7.01. The summed E-state index contributed by atoms with van der Waals surface area (Å²) in [4.78, 5) is 0. The van der Waals surface area contributed by atoms with Gasteiger partial charge < -0.3 is 5.73 Å². The van der Waals surface area contributed by atoms with E-state index >= 15 is 0 Å². The van der Waals surface area contributed by atoms with E-state index in [2.05, 4.69) is 4.72 Å². The van der Waals surface area contributed by atoms with Crippen LogP contribution in [0.2, 0.25) is 0 Å². The Balaban J connectivity index is 3.09. The molecule has 0 spiro atoms. The molecule has 5 nitrogen and oxygen atoms in total. The second-order valence-corrected chi connectivity index (χ2v) is 4.76. The van der Waals surface area contributed by atoms with E-state index in [4.69, 9.17) is 5.73 Å². The maximum atomic E-state index is 11.6. The van der Waals surface area contributed by atoms with Crippen molar-refractivity contribution in [1.82, 2.24) is 4.72 Å². The molecule has 1 aromatic rings. The molecular weight excluding hydrogens is 214 g/mol. The zero-order valence-electron chi connectivity index (χ0n) is 8.77. The molecule has 0 unspecified atom stereocenters. The zero-order chi connectivity index (χ0) is 11.5. The maximum Gasteiger partial charge on any atom is 0.301 e. The molecule has 0 saturated carbocycles. The van der Waals surface area contributed by atoms with Crippen molar-refractivity contribution in [2.24, 2.45) is 0 Å². The number of benzene rings is 1. The Morgan fingerprint density at radius 1 is 1.33 bits per heavy atom. The van der Waals surface area contributed by atoms with Crippen LogP contribution in [0.3, 0.4) is 0 Å². The molecule has 0 atom stereocenters. The molecule has 1 aromatic carbocycles. The molecule has 1 rings (SSSR count). The molecule has 0 aliphatic heterocycles. The van der Waals surface area contributed by atoms with E-state index in [0.29, 0.717) is 17.9 Å². The third-order valence-electron chi connectivity index (χ3n) is 2.02. The monoisotopic (exact) mass is 229 g/mol. The molecule has 0 aliphatic carbocycles. The number of hydrogen-bond donors (Lipinski definition) is 2. The minimum atomic E-state index is -3.43. The van der Waals surface area contributed by atoms with Crippen molar-refractivity contribution >= 4 is 21.6 Å². The molecule has 15 heavy (non-hydrogen) atoms. The van der Waals surface area contributed by atoms with E-state index < -0.39 is 10.2 Å². The summed E-state index contributed by atoms with van der Waals surface area (Å²) in [5.41, 5.74) is 6.73. The average molecular weight is 229 g/mol. The van der Waals surface area contributed by atoms with Crippen LogP contribution in [0.25, 0.3) is 0 Å². The molecule has 0 heterocycles. The van der Waals surface area contributed by atoms with Gasteiger partial charge in [0.2, 0.25) is 0 Å². The van der Waals surface area contributed by atoms with Gasteiger partial charge in [0.25, 0.3) is 0 Å². The van der Waals surface area contributed by atoms with Gasteiger partial charge in [-0.2, -0.15) is 8.42 Å². The predicted octanol–water partition coefficient (Wildman–Crippen LogP) is 0.559. The minimum Gasteiger partial charge on any atom is -0.399 e. The molecule has 0 fully saturated rings. The fraction of sp³-hybridized carbons (Fsp3) is 0.333. The molecule has 3 N–H and O–H groups in total. The van der Waals surface area contributed by atoms with E-state index in [1.54, 1.807) is 31.2 Å². The number of anilines is 2. The van der Waals surface area contributed by atoms with Gasteiger partial charge in [0.05, 0.1) is 5.69 Å². The Bertz CT molecular complexity index is 413. The molecule has 84 valence electrons. The fourth-order valence-electron chi connectivity index (χ4n) is 1.24. The number of nitrogens with zero attached hydrogens (tertiary/aromatic N) is 1. The van der Waals surface area contributed by atoms with Crippen molar-refractivity contribution in [3.05, 3.63) is 24.3 Å². The number of hydrogen-bond acceptors (Lipinski definition) is 3. The van der Waals surface area contributed by atoms with Crippen molar-refractivity contribution in [3.8, 4) is 0 Å². The lowest BCUT2D eigenvalue weighted by Crippen LogP contribution is -2.38. The first-order valence-corrected chi connectivity index (χ1v) is 6.02. The summed E-state index contributed by atoms with van der Waals surface area (Å²) in [5.74, 6) is 0. The Labute approximate surface area is 90.1 Å². The standard InChI is InChI=1S/C9H15N3O2S/c1-3-12(15(13,14)11-2)9-6-4-8(10)5-7-9/h4-7,11H,3,10H2,1-2H3. The summed E-state index contributed by atoms with van der Waals surface area (Å²) in [5, 5.41) is 0. The van der Waals surface area contributed by atoms with Crippen LogP contribution >= 0.6 is 0 Å². The van der Waals surface area contributed by atoms with Gasteiger partial charge in [-0.15, -0.1) is 0 Å². The summed E-state index contributed by atoms with van der Waals surface area (Å²) in [7, 11) is -2.05. The second kappa shape index (κ2) is 4.50. The second-order valence-electron chi connectivity index (χ2n) is 2.97. The summed E-state index contributed by atoms with van der Waals surface area (Å²) < 4.78 is 26.7. The molecular formula is C9H15N3O2S. The van der Waals surface area contributed by atoms with Gasteiger partial charge in [-0.25, -0.2) is 4.72 Å². The van der Waals surface area contributed by atoms with Crippen molar-refractivity contribution in [1.29, 1.82) is 0 Å². The highest BCUT2D eigenvalue weighted by Gasteiger charge is 2.17. The number of nitrogens with one attached hydrogen (secondary N) is 1. The quantitative estimate of drug-likeness (QED) is 0.741. The van der Waals surface area contributed by atoms with Crippen molar-refractivity contribution < 1.29 is 8.42 Å². The molecule has 0 aromatic heterocycles. The van der Waals surface area contributed by atoms with Crippen LogP contribution in [0, 0.1) is 0 Å². The largest absolute Gasteiger partial charge is 0.399 e. The van der Waals surface area contributed by atoms with Gasteiger partial charge in [0.1, 0.15) is 0 Å². The lowest BCUT2D eigenvalue weighted by Gasteiger charge is -2.21. The Hall–Kier alpha value is -1.27. The highest BCUT2D eigenvalue weighted by atomic mass is 32.2. The third kappa shape index (κ3) is 2.60. The molecule has 0 aliphatic rings. The van der Waals surface area contributed by atoms with Gasteiger partial charge in [-0.05, 0) is 31.2 Å². The van der Waals surface area contributed by atoms with Crippen molar-refractivity contribution in [2.75, 3.05) is 23.6 Å². The highest BCUT2D eigenvalue weighted by Crippen LogP contribution is 2.18. The summed E-state index contributed by atoms with van der Waals surface area (Å²) in [6.45, 7) is 2.14. The Morgan fingerprint density at radius 3 is 2.27 bits per heavy atom. The van der Waals surface area contributed by atoms with Gasteiger partial charge in [-0.3, -0.25) is 4.31 Å². The van der Waals surface area contributed by atoms with Crippen molar-refractivity contribution in [2.45, 2.75) is 6.92 Å². The lowest BCUT2D eigenvalue weighted by molar-refractivity contribution is 0.584. The Morgan fingerprint density at radius 2 is 1.87 bits per heavy atom. The maximum absolute atomic E-state index is 11.6. The SMILES string of the molecule is CCN(c1ccc(N)cc1)S(=O)(=O)NC. The minimum absolute atomic E-state index is 0.368. The van der Waals surface area contributed by atoms with Crippen LogP contribution in [-0.4, -0.2) is 22.0 Å². The average Bonchev–Trinajstić information content (AvgIpc) is 2.22. The van der Waals surface area contributed by atoms with Gasteiger partial charge in [0, 0.05) is 19.3 Å². The third-order valence-corrected chi connectivity index (χ3v) is 3.58. The van der Waals surface area contributed by atoms with Crippen LogP contribution < -0.4 is 14.8 Å². The highest BCUT2D eigenvalue weighted by molar-refractivity contribution is 7.90. The predicted molar refractivity (Wildman–Crippen MR) is 61.9 cm³/mol. The van der Waals surface area contributed by atoms with Crippen molar-refractivity contribution in [3.63, 3.8) is 0 Å². The fourth-order valence-corrected chi connectivity index (χ4v) is 2.20. The first kappa shape index (κ1) is 11.8. The lowest BCUT2D eigenvalue weighted by atomic mass is 10.3. The summed E-state index contributed by atoms with van der Waals surface area (Å²) in [6.07, 6.45) is 0. The van der Waals surface area contributed by atoms with Crippen LogP contribution in [0.1, 0.15) is 6.92 Å². The molecule has 0 saturated heterocycles. The molecule has 0 bridgehead atoms. The molecule has 0 radical (unpaired) electrons. The summed E-state index contributed by atoms with van der Waals surface area (Å²) in [6, 6.07) is 6.69. The van der Waals surface area contributed by atoms with E-state index in [1.165, 1.54) is 11.4 Å². The number of nitrogens with two attached hydrogens (primary N) is 1. The topological polar surface area (TPSA) is 75.4 Å². The summed E-state index contributed by atoms with van der Waals surface area (Å²) >= 11 is 0. The van der Waals surface area contributed by atoms with E-state index in [-0.39, 0.29) is 0 Å².